The quantitative estimate of drug-likeness (QED) is 0.625. The highest BCUT2D eigenvalue weighted by atomic mass is 127. The minimum atomic E-state index is 0.840. The summed E-state index contributed by atoms with van der Waals surface area (Å²) in [5.74, 6) is 0.840. The van der Waals surface area contributed by atoms with E-state index >= 15 is 0 Å². The van der Waals surface area contributed by atoms with Crippen molar-refractivity contribution in [2.24, 2.45) is 0 Å². The van der Waals surface area contributed by atoms with E-state index in [9.17, 15) is 0 Å². The molecule has 1 aromatic carbocycles. The average Bonchev–Trinajstić information content (AvgIpc) is 2.67. The molecular weight excluding hydrogens is 277 g/mol. The first kappa shape index (κ1) is 8.74. The van der Waals surface area contributed by atoms with Gasteiger partial charge >= 0.3 is 0 Å². The Balaban J connectivity index is 2.36. The van der Waals surface area contributed by atoms with Gasteiger partial charge in [0.2, 0.25) is 0 Å². The van der Waals surface area contributed by atoms with Gasteiger partial charge < -0.3 is 4.52 Å². The maximum Gasteiger partial charge on any atom is 0.167 e. The molecule has 0 saturated carbocycles. The molecule has 0 fully saturated rings. The summed E-state index contributed by atoms with van der Waals surface area (Å²) < 4.78 is 6.07. The van der Waals surface area contributed by atoms with Crippen LogP contribution in [0.15, 0.2) is 40.9 Å². The Bertz CT molecular complexity index is 383. The summed E-state index contributed by atoms with van der Waals surface area (Å²) in [5.41, 5.74) is 2.06. The van der Waals surface area contributed by atoms with E-state index in [-0.39, 0.29) is 0 Å². The third-order valence-corrected chi connectivity index (χ3v) is 2.54. The van der Waals surface area contributed by atoms with Crippen LogP contribution in [-0.2, 0) is 4.43 Å². The lowest BCUT2D eigenvalue weighted by molar-refractivity contribution is 0.427. The molecule has 1 heterocycles. The van der Waals surface area contributed by atoms with Gasteiger partial charge in [-0.15, -0.1) is 0 Å². The van der Waals surface area contributed by atoms with E-state index in [1.807, 2.05) is 36.4 Å². The van der Waals surface area contributed by atoms with Gasteiger partial charge in [0.15, 0.2) is 5.76 Å². The molecule has 66 valence electrons. The van der Waals surface area contributed by atoms with Crippen LogP contribution >= 0.6 is 22.6 Å². The lowest BCUT2D eigenvalue weighted by Crippen LogP contribution is -1.71. The van der Waals surface area contributed by atoms with Crippen LogP contribution in [0.1, 0.15) is 5.69 Å². The molecule has 3 heteroatoms. The Hall–Kier alpha value is -0.840. The van der Waals surface area contributed by atoms with E-state index in [0.717, 1.165) is 21.4 Å². The lowest BCUT2D eigenvalue weighted by atomic mass is 10.2. The normalized spacial score (nSPS) is 10.2. The highest BCUT2D eigenvalue weighted by Gasteiger charge is 2.03. The topological polar surface area (TPSA) is 26.0 Å². The predicted octanol–water partition coefficient (Wildman–Crippen LogP) is 3.28. The van der Waals surface area contributed by atoms with Gasteiger partial charge in [0.1, 0.15) is 0 Å². The fraction of sp³-hybridized carbons (Fsp3) is 0.100. The van der Waals surface area contributed by atoms with Crippen LogP contribution in [0.3, 0.4) is 0 Å². The second kappa shape index (κ2) is 3.91. The van der Waals surface area contributed by atoms with E-state index in [1.54, 1.807) is 0 Å². The van der Waals surface area contributed by atoms with Crippen LogP contribution in [0, 0.1) is 0 Å². The van der Waals surface area contributed by atoms with Crippen molar-refractivity contribution >= 4 is 22.6 Å². The first-order valence-electron chi connectivity index (χ1n) is 3.97. The molecule has 13 heavy (non-hydrogen) atoms. The summed E-state index contributed by atoms with van der Waals surface area (Å²) in [4.78, 5) is 0. The molecule has 0 atom stereocenters. The molecule has 0 N–H and O–H groups in total. The van der Waals surface area contributed by atoms with E-state index in [2.05, 4.69) is 27.7 Å². The summed E-state index contributed by atoms with van der Waals surface area (Å²) >= 11 is 2.26. The summed E-state index contributed by atoms with van der Waals surface area (Å²) in [6, 6.07) is 12.0. The number of halogens is 1. The molecule has 0 amide bonds. The molecule has 1 aromatic heterocycles. The van der Waals surface area contributed by atoms with Gasteiger partial charge in [0.25, 0.3) is 0 Å². The zero-order chi connectivity index (χ0) is 9.10. The van der Waals surface area contributed by atoms with Crippen LogP contribution in [-0.4, -0.2) is 5.16 Å². The number of rotatable bonds is 2. The summed E-state index contributed by atoms with van der Waals surface area (Å²) in [5, 5.41) is 3.93. The van der Waals surface area contributed by atoms with E-state index < -0.39 is 0 Å². The lowest BCUT2D eigenvalue weighted by Gasteiger charge is -1.91. The van der Waals surface area contributed by atoms with Gasteiger partial charge in [-0.05, 0) is 0 Å². The summed E-state index contributed by atoms with van der Waals surface area (Å²) in [6.07, 6.45) is 0. The predicted molar refractivity (Wildman–Crippen MR) is 59.7 cm³/mol. The third-order valence-electron chi connectivity index (χ3n) is 1.75. The molecule has 0 spiro atoms. The van der Waals surface area contributed by atoms with Crippen molar-refractivity contribution in [2.75, 3.05) is 0 Å². The van der Waals surface area contributed by atoms with Crippen molar-refractivity contribution in [1.82, 2.24) is 5.16 Å². The largest absolute Gasteiger partial charge is 0.356 e. The van der Waals surface area contributed by atoms with Crippen LogP contribution < -0.4 is 0 Å². The zero-order valence-corrected chi connectivity index (χ0v) is 9.06. The second-order valence-electron chi connectivity index (χ2n) is 2.68. The molecule has 2 rings (SSSR count). The smallest absolute Gasteiger partial charge is 0.167 e. The minimum Gasteiger partial charge on any atom is -0.356 e. The molecule has 2 aromatic rings. The SMILES string of the molecule is ICc1cc(-c2ccccc2)on1. The molecule has 0 aliphatic rings. The van der Waals surface area contributed by atoms with E-state index in [4.69, 9.17) is 4.52 Å². The average molecular weight is 285 g/mol. The van der Waals surface area contributed by atoms with Crippen LogP contribution in [0.5, 0.6) is 0 Å². The van der Waals surface area contributed by atoms with Crippen molar-refractivity contribution in [3.05, 3.63) is 42.1 Å². The molecular formula is C10H8INO. The minimum absolute atomic E-state index is 0.840. The molecule has 0 aliphatic carbocycles. The van der Waals surface area contributed by atoms with Crippen LogP contribution in [0.25, 0.3) is 11.3 Å². The van der Waals surface area contributed by atoms with Gasteiger partial charge in [-0.1, -0.05) is 58.1 Å². The summed E-state index contributed by atoms with van der Waals surface area (Å²) in [7, 11) is 0. The van der Waals surface area contributed by atoms with Crippen molar-refractivity contribution in [1.29, 1.82) is 0 Å². The third kappa shape index (κ3) is 1.91. The van der Waals surface area contributed by atoms with Crippen LogP contribution in [0.4, 0.5) is 0 Å². The maximum absolute atomic E-state index is 5.19. The maximum atomic E-state index is 5.19. The number of benzene rings is 1. The number of aromatic nitrogens is 1. The Morgan fingerprint density at radius 1 is 1.23 bits per heavy atom. The number of hydrogen-bond donors (Lipinski definition) is 0. The molecule has 0 unspecified atom stereocenters. The zero-order valence-electron chi connectivity index (χ0n) is 6.90. The summed E-state index contributed by atoms with van der Waals surface area (Å²) in [6.45, 7) is 0. The standard InChI is InChI=1S/C10H8INO/c11-7-9-6-10(13-12-9)8-4-2-1-3-5-8/h1-6H,7H2. The van der Waals surface area contributed by atoms with Gasteiger partial charge in [-0.2, -0.15) is 0 Å². The Morgan fingerprint density at radius 2 is 2.00 bits per heavy atom. The Morgan fingerprint density at radius 3 is 2.62 bits per heavy atom. The highest BCUT2D eigenvalue weighted by Crippen LogP contribution is 2.20. The fourth-order valence-electron chi connectivity index (χ4n) is 1.11. The molecule has 0 saturated heterocycles. The van der Waals surface area contributed by atoms with E-state index in [0.29, 0.717) is 0 Å². The van der Waals surface area contributed by atoms with Crippen molar-refractivity contribution < 1.29 is 4.52 Å². The van der Waals surface area contributed by atoms with Gasteiger partial charge in [0.05, 0.1) is 5.69 Å². The second-order valence-corrected chi connectivity index (χ2v) is 3.44. The van der Waals surface area contributed by atoms with Crippen molar-refractivity contribution in [3.8, 4) is 11.3 Å². The first-order chi connectivity index (χ1) is 6.40. The molecule has 0 radical (unpaired) electrons. The van der Waals surface area contributed by atoms with E-state index in [1.165, 1.54) is 0 Å². The molecule has 2 nitrogen and oxygen atoms in total. The Kier molecular flexibility index (Phi) is 2.63. The fourth-order valence-corrected chi connectivity index (χ4v) is 1.47. The van der Waals surface area contributed by atoms with Gasteiger partial charge in [0, 0.05) is 16.1 Å². The number of nitrogens with zero attached hydrogens (tertiary/aromatic N) is 1. The Labute approximate surface area is 90.1 Å². The first-order valence-corrected chi connectivity index (χ1v) is 5.49. The number of alkyl halides is 1. The number of hydrogen-bond acceptors (Lipinski definition) is 2. The van der Waals surface area contributed by atoms with Crippen molar-refractivity contribution in [2.45, 2.75) is 4.43 Å². The molecule has 0 bridgehead atoms. The monoisotopic (exact) mass is 285 g/mol. The molecule has 0 aliphatic heterocycles. The van der Waals surface area contributed by atoms with Crippen molar-refractivity contribution in [3.63, 3.8) is 0 Å². The van der Waals surface area contributed by atoms with Crippen LogP contribution in [0.2, 0.25) is 0 Å². The van der Waals surface area contributed by atoms with Gasteiger partial charge in [-0.25, -0.2) is 0 Å². The highest BCUT2D eigenvalue weighted by molar-refractivity contribution is 14.1. The van der Waals surface area contributed by atoms with Gasteiger partial charge in [-0.3, -0.25) is 0 Å².